The number of sulfonamides is 1. The van der Waals surface area contributed by atoms with Crippen LogP contribution in [0.1, 0.15) is 12.0 Å². The Hall–Kier alpha value is -0.640. The molecule has 0 aromatic heterocycles. The van der Waals surface area contributed by atoms with Gasteiger partial charge < -0.3 is 5.73 Å². The second kappa shape index (κ2) is 6.42. The molecule has 1 aromatic rings. The summed E-state index contributed by atoms with van der Waals surface area (Å²) in [6, 6.07) is 4.38. The van der Waals surface area contributed by atoms with Gasteiger partial charge in [-0.05, 0) is 33.6 Å². The molecule has 0 fully saturated rings. The van der Waals surface area contributed by atoms with Gasteiger partial charge in [0.1, 0.15) is 0 Å². The van der Waals surface area contributed by atoms with E-state index >= 15 is 0 Å². The standard InChI is InChI=1S/C11H14BrF3N2O2S/c1-17(5-4-11(13,14)15)20(18,19)10-3-2-8(7-16)6-9(10)12/h2-3,6H,4-5,7,16H2,1H3. The normalized spacial score (nSPS) is 12.9. The van der Waals surface area contributed by atoms with Crippen LogP contribution in [0.2, 0.25) is 0 Å². The van der Waals surface area contributed by atoms with Crippen LogP contribution in [0.15, 0.2) is 27.6 Å². The lowest BCUT2D eigenvalue weighted by Crippen LogP contribution is -2.31. The van der Waals surface area contributed by atoms with Crippen LogP contribution >= 0.6 is 15.9 Å². The predicted octanol–water partition coefficient (Wildman–Crippen LogP) is 2.48. The van der Waals surface area contributed by atoms with E-state index in [9.17, 15) is 21.6 Å². The number of nitrogens with zero attached hydrogens (tertiary/aromatic N) is 1. The summed E-state index contributed by atoms with van der Waals surface area (Å²) >= 11 is 3.10. The second-order valence-electron chi connectivity index (χ2n) is 4.16. The van der Waals surface area contributed by atoms with E-state index in [1.807, 2.05) is 0 Å². The first-order chi connectivity index (χ1) is 9.08. The van der Waals surface area contributed by atoms with Gasteiger partial charge >= 0.3 is 6.18 Å². The highest BCUT2D eigenvalue weighted by Gasteiger charge is 2.31. The maximum atomic E-state index is 12.2. The number of hydrogen-bond donors (Lipinski definition) is 1. The minimum Gasteiger partial charge on any atom is -0.326 e. The summed E-state index contributed by atoms with van der Waals surface area (Å²) in [7, 11) is -2.86. The summed E-state index contributed by atoms with van der Waals surface area (Å²) in [4.78, 5) is -0.0839. The molecule has 0 atom stereocenters. The molecule has 0 aliphatic carbocycles. The number of nitrogens with two attached hydrogens (primary N) is 1. The molecule has 1 rings (SSSR count). The van der Waals surface area contributed by atoms with Crippen LogP contribution in [0, 0.1) is 0 Å². The molecule has 114 valence electrons. The van der Waals surface area contributed by atoms with E-state index in [-0.39, 0.29) is 15.9 Å². The molecule has 20 heavy (non-hydrogen) atoms. The average molecular weight is 375 g/mol. The fraction of sp³-hybridized carbons (Fsp3) is 0.455. The second-order valence-corrected chi connectivity index (χ2v) is 7.03. The van der Waals surface area contributed by atoms with E-state index in [0.717, 1.165) is 7.05 Å². The van der Waals surface area contributed by atoms with Gasteiger partial charge in [-0.2, -0.15) is 13.2 Å². The molecule has 0 aliphatic rings. The fourth-order valence-electron chi connectivity index (χ4n) is 1.45. The first kappa shape index (κ1) is 17.4. The van der Waals surface area contributed by atoms with E-state index in [4.69, 9.17) is 5.73 Å². The largest absolute Gasteiger partial charge is 0.390 e. The predicted molar refractivity (Wildman–Crippen MR) is 72.5 cm³/mol. The number of halogens is 4. The molecule has 0 unspecified atom stereocenters. The molecule has 2 N–H and O–H groups in total. The number of alkyl halides is 3. The van der Waals surface area contributed by atoms with E-state index < -0.39 is 29.2 Å². The highest BCUT2D eigenvalue weighted by Crippen LogP contribution is 2.27. The molecule has 0 bridgehead atoms. The average Bonchev–Trinajstić information content (AvgIpc) is 2.34. The van der Waals surface area contributed by atoms with Crippen molar-refractivity contribution in [2.45, 2.75) is 24.0 Å². The maximum absolute atomic E-state index is 12.2. The van der Waals surface area contributed by atoms with Gasteiger partial charge in [0.25, 0.3) is 0 Å². The van der Waals surface area contributed by atoms with Crippen LogP contribution in [0.5, 0.6) is 0 Å². The van der Waals surface area contributed by atoms with Gasteiger partial charge in [0, 0.05) is 24.6 Å². The van der Waals surface area contributed by atoms with Crippen LogP contribution in [0.25, 0.3) is 0 Å². The van der Waals surface area contributed by atoms with Gasteiger partial charge in [-0.1, -0.05) is 6.07 Å². The summed E-state index contributed by atoms with van der Waals surface area (Å²) in [5.41, 5.74) is 6.14. The third-order valence-corrected chi connectivity index (χ3v) is 5.46. The maximum Gasteiger partial charge on any atom is 0.390 e. The van der Waals surface area contributed by atoms with E-state index in [0.29, 0.717) is 9.87 Å². The number of benzene rings is 1. The first-order valence-corrected chi connectivity index (χ1v) is 7.83. The molecule has 0 amide bonds. The quantitative estimate of drug-likeness (QED) is 0.860. The zero-order chi connectivity index (χ0) is 15.6. The van der Waals surface area contributed by atoms with Crippen LogP contribution in [0.4, 0.5) is 13.2 Å². The summed E-state index contributed by atoms with van der Waals surface area (Å²) in [6.07, 6.45) is -5.59. The Morgan fingerprint density at radius 3 is 2.40 bits per heavy atom. The van der Waals surface area contributed by atoms with Crippen molar-refractivity contribution in [3.05, 3.63) is 28.2 Å². The Morgan fingerprint density at radius 2 is 1.95 bits per heavy atom. The van der Waals surface area contributed by atoms with E-state index in [1.165, 1.54) is 18.2 Å². The molecule has 0 heterocycles. The molecule has 0 aliphatic heterocycles. The van der Waals surface area contributed by atoms with E-state index in [2.05, 4.69) is 15.9 Å². The van der Waals surface area contributed by atoms with Crippen molar-refractivity contribution in [3.63, 3.8) is 0 Å². The van der Waals surface area contributed by atoms with Gasteiger partial charge in [0.2, 0.25) is 10.0 Å². The Labute approximate surface area is 123 Å². The smallest absolute Gasteiger partial charge is 0.326 e. The summed E-state index contributed by atoms with van der Waals surface area (Å²) < 4.78 is 61.7. The molecule has 9 heteroatoms. The molecule has 4 nitrogen and oxygen atoms in total. The summed E-state index contributed by atoms with van der Waals surface area (Å²) in [6.45, 7) is -0.389. The zero-order valence-electron chi connectivity index (χ0n) is 10.6. The fourth-order valence-corrected chi connectivity index (χ4v) is 3.71. The summed E-state index contributed by atoms with van der Waals surface area (Å²) in [5.74, 6) is 0. The van der Waals surface area contributed by atoms with Crippen molar-refractivity contribution in [1.82, 2.24) is 4.31 Å². The highest BCUT2D eigenvalue weighted by atomic mass is 79.9. The van der Waals surface area contributed by atoms with Crippen molar-refractivity contribution in [3.8, 4) is 0 Å². The van der Waals surface area contributed by atoms with Gasteiger partial charge in [-0.25, -0.2) is 12.7 Å². The molecule has 1 aromatic carbocycles. The van der Waals surface area contributed by atoms with Gasteiger partial charge in [-0.15, -0.1) is 0 Å². The highest BCUT2D eigenvalue weighted by molar-refractivity contribution is 9.10. The molecular weight excluding hydrogens is 361 g/mol. The van der Waals surface area contributed by atoms with Crippen molar-refractivity contribution >= 4 is 26.0 Å². The van der Waals surface area contributed by atoms with Gasteiger partial charge in [0.15, 0.2) is 0 Å². The van der Waals surface area contributed by atoms with Crippen molar-refractivity contribution in [2.24, 2.45) is 5.73 Å². The third-order valence-electron chi connectivity index (χ3n) is 2.63. The summed E-state index contributed by atoms with van der Waals surface area (Å²) in [5, 5.41) is 0. The lowest BCUT2D eigenvalue weighted by atomic mass is 10.2. The Bertz CT molecular complexity index is 576. The monoisotopic (exact) mass is 374 g/mol. The minimum absolute atomic E-state index is 0.0839. The van der Waals surface area contributed by atoms with Crippen molar-refractivity contribution in [2.75, 3.05) is 13.6 Å². The lowest BCUT2D eigenvalue weighted by molar-refractivity contribution is -0.135. The van der Waals surface area contributed by atoms with Crippen LogP contribution in [-0.4, -0.2) is 32.5 Å². The Morgan fingerprint density at radius 1 is 1.35 bits per heavy atom. The number of rotatable bonds is 5. The van der Waals surface area contributed by atoms with Crippen molar-refractivity contribution in [1.29, 1.82) is 0 Å². The first-order valence-electron chi connectivity index (χ1n) is 5.59. The molecule has 0 saturated heterocycles. The molecule has 0 spiro atoms. The SMILES string of the molecule is CN(CCC(F)(F)F)S(=O)(=O)c1ccc(CN)cc1Br. The minimum atomic E-state index is -4.40. The van der Waals surface area contributed by atoms with Crippen molar-refractivity contribution < 1.29 is 21.6 Å². The third kappa shape index (κ3) is 4.44. The molecule has 0 saturated carbocycles. The number of hydrogen-bond acceptors (Lipinski definition) is 3. The van der Waals surface area contributed by atoms with Gasteiger partial charge in [0.05, 0.1) is 11.3 Å². The zero-order valence-corrected chi connectivity index (χ0v) is 13.0. The lowest BCUT2D eigenvalue weighted by Gasteiger charge is -2.19. The van der Waals surface area contributed by atoms with Gasteiger partial charge in [-0.3, -0.25) is 0 Å². The Balaban J connectivity index is 2.98. The van der Waals surface area contributed by atoms with E-state index in [1.54, 1.807) is 0 Å². The topological polar surface area (TPSA) is 63.4 Å². The van der Waals surface area contributed by atoms with Crippen LogP contribution < -0.4 is 5.73 Å². The Kier molecular flexibility index (Phi) is 5.59. The molecule has 0 radical (unpaired) electrons. The van der Waals surface area contributed by atoms with Crippen LogP contribution in [0.3, 0.4) is 0 Å². The molecular formula is C11H14BrF3N2O2S. The van der Waals surface area contributed by atoms with Crippen LogP contribution in [-0.2, 0) is 16.6 Å².